The predicted octanol–water partition coefficient (Wildman–Crippen LogP) is 2.07. The minimum Gasteiger partial charge on any atom is -0.491 e. The van der Waals surface area contributed by atoms with Crippen molar-refractivity contribution in [1.29, 1.82) is 0 Å². The molecule has 0 aromatic heterocycles. The van der Waals surface area contributed by atoms with Gasteiger partial charge in [-0.15, -0.1) is 0 Å². The molecule has 21 heavy (non-hydrogen) atoms. The molecular formula is C15H23NO4S. The van der Waals surface area contributed by atoms with Crippen molar-refractivity contribution in [3.63, 3.8) is 0 Å². The topological polar surface area (TPSA) is 64.6 Å². The van der Waals surface area contributed by atoms with E-state index < -0.39 is 10.0 Å². The van der Waals surface area contributed by atoms with Crippen molar-refractivity contribution in [1.82, 2.24) is 4.72 Å². The number of ether oxygens (including phenoxy) is 2. The molecule has 1 saturated heterocycles. The van der Waals surface area contributed by atoms with Crippen LogP contribution in [0.3, 0.4) is 0 Å². The summed E-state index contributed by atoms with van der Waals surface area (Å²) in [6, 6.07) is 7.47. The van der Waals surface area contributed by atoms with E-state index in [1.165, 1.54) is 0 Å². The van der Waals surface area contributed by atoms with Crippen LogP contribution >= 0.6 is 0 Å². The lowest BCUT2D eigenvalue weighted by Gasteiger charge is -2.12. The standard InChI is InChI=1S/C15H23NO4S/c1-2-10-21(17,18)16-11-13-5-7-14(8-6-13)20-12-15-4-3-9-19-15/h5-8,15-16H,2-4,9-12H2,1H3/t15-/m1/s1. The summed E-state index contributed by atoms with van der Waals surface area (Å²) < 4.78 is 36.9. The van der Waals surface area contributed by atoms with Crippen LogP contribution in [0.2, 0.25) is 0 Å². The van der Waals surface area contributed by atoms with Crippen LogP contribution in [0, 0.1) is 0 Å². The molecule has 118 valence electrons. The number of nitrogens with one attached hydrogen (secondary N) is 1. The maximum Gasteiger partial charge on any atom is 0.211 e. The van der Waals surface area contributed by atoms with Gasteiger partial charge in [0.2, 0.25) is 10.0 Å². The van der Waals surface area contributed by atoms with Crippen molar-refractivity contribution in [2.45, 2.75) is 38.8 Å². The molecule has 1 heterocycles. The molecule has 1 aliphatic rings. The predicted molar refractivity (Wildman–Crippen MR) is 81.8 cm³/mol. The van der Waals surface area contributed by atoms with Crippen LogP contribution in [0.15, 0.2) is 24.3 Å². The molecule has 6 heteroatoms. The van der Waals surface area contributed by atoms with Gasteiger partial charge in [0.25, 0.3) is 0 Å². The molecule has 1 aromatic carbocycles. The second-order valence-corrected chi connectivity index (χ2v) is 7.16. The number of sulfonamides is 1. The van der Waals surface area contributed by atoms with Gasteiger partial charge in [-0.25, -0.2) is 13.1 Å². The number of hydrogen-bond donors (Lipinski definition) is 1. The fraction of sp³-hybridized carbons (Fsp3) is 0.600. The molecule has 0 bridgehead atoms. The lowest BCUT2D eigenvalue weighted by Crippen LogP contribution is -2.25. The summed E-state index contributed by atoms with van der Waals surface area (Å²) in [7, 11) is -3.16. The molecule has 0 spiro atoms. The molecular weight excluding hydrogens is 290 g/mol. The lowest BCUT2D eigenvalue weighted by atomic mass is 10.2. The summed E-state index contributed by atoms with van der Waals surface area (Å²) in [5, 5.41) is 0. The monoisotopic (exact) mass is 313 g/mol. The molecule has 0 unspecified atom stereocenters. The maximum absolute atomic E-state index is 11.6. The average molecular weight is 313 g/mol. The molecule has 0 saturated carbocycles. The SMILES string of the molecule is CCCS(=O)(=O)NCc1ccc(OC[C@H]2CCCO2)cc1. The summed E-state index contributed by atoms with van der Waals surface area (Å²) in [5.74, 6) is 0.945. The molecule has 1 fully saturated rings. The molecule has 5 nitrogen and oxygen atoms in total. The van der Waals surface area contributed by atoms with E-state index in [4.69, 9.17) is 9.47 Å². The van der Waals surface area contributed by atoms with Gasteiger partial charge in [0.15, 0.2) is 0 Å². The third kappa shape index (κ3) is 5.65. The smallest absolute Gasteiger partial charge is 0.211 e. The van der Waals surface area contributed by atoms with E-state index in [-0.39, 0.29) is 11.9 Å². The van der Waals surface area contributed by atoms with Crippen LogP contribution in [0.25, 0.3) is 0 Å². The Labute approximate surface area is 126 Å². The highest BCUT2D eigenvalue weighted by Gasteiger charge is 2.15. The van der Waals surface area contributed by atoms with Crippen LogP contribution in [-0.2, 0) is 21.3 Å². The van der Waals surface area contributed by atoms with Gasteiger partial charge in [-0.05, 0) is 37.0 Å². The van der Waals surface area contributed by atoms with Gasteiger partial charge in [0.05, 0.1) is 11.9 Å². The van der Waals surface area contributed by atoms with Crippen LogP contribution < -0.4 is 9.46 Å². The van der Waals surface area contributed by atoms with Crippen LogP contribution in [0.4, 0.5) is 0 Å². The Morgan fingerprint density at radius 3 is 2.71 bits per heavy atom. The summed E-state index contributed by atoms with van der Waals surface area (Å²) in [6.45, 7) is 3.56. The molecule has 1 aliphatic heterocycles. The highest BCUT2D eigenvalue weighted by atomic mass is 32.2. The summed E-state index contributed by atoms with van der Waals surface area (Å²) >= 11 is 0. The van der Waals surface area contributed by atoms with Gasteiger partial charge in [0.1, 0.15) is 12.4 Å². The van der Waals surface area contributed by atoms with Crippen molar-refractivity contribution in [2.24, 2.45) is 0 Å². The first-order chi connectivity index (χ1) is 10.1. The fourth-order valence-corrected chi connectivity index (χ4v) is 3.27. The third-order valence-corrected chi connectivity index (χ3v) is 4.88. The number of rotatable bonds is 8. The van der Waals surface area contributed by atoms with Gasteiger partial charge in [-0.1, -0.05) is 19.1 Å². The van der Waals surface area contributed by atoms with E-state index in [9.17, 15) is 8.42 Å². The molecule has 1 atom stereocenters. The maximum atomic E-state index is 11.6. The summed E-state index contributed by atoms with van der Waals surface area (Å²) in [6.07, 6.45) is 2.97. The Hall–Kier alpha value is -1.11. The molecule has 0 aliphatic carbocycles. The lowest BCUT2D eigenvalue weighted by molar-refractivity contribution is 0.0679. The van der Waals surface area contributed by atoms with E-state index in [0.29, 0.717) is 19.6 Å². The first kappa shape index (κ1) is 16.3. The normalized spacial score (nSPS) is 18.8. The minimum absolute atomic E-state index is 0.162. The molecule has 0 radical (unpaired) electrons. The Morgan fingerprint density at radius 1 is 1.33 bits per heavy atom. The van der Waals surface area contributed by atoms with Crippen molar-refractivity contribution < 1.29 is 17.9 Å². The molecule has 1 aromatic rings. The highest BCUT2D eigenvalue weighted by Crippen LogP contribution is 2.16. The third-order valence-electron chi connectivity index (χ3n) is 3.35. The van der Waals surface area contributed by atoms with Gasteiger partial charge < -0.3 is 9.47 Å². The second kappa shape index (κ2) is 7.77. The van der Waals surface area contributed by atoms with E-state index >= 15 is 0 Å². The van der Waals surface area contributed by atoms with Crippen molar-refractivity contribution in [2.75, 3.05) is 19.0 Å². The highest BCUT2D eigenvalue weighted by molar-refractivity contribution is 7.89. The Balaban J connectivity index is 1.78. The zero-order valence-electron chi connectivity index (χ0n) is 12.4. The zero-order valence-corrected chi connectivity index (χ0v) is 13.2. The Bertz CT molecular complexity index is 521. The van der Waals surface area contributed by atoms with Crippen LogP contribution in [0.5, 0.6) is 5.75 Å². The molecule has 1 N–H and O–H groups in total. The fourth-order valence-electron chi connectivity index (χ4n) is 2.20. The first-order valence-electron chi connectivity index (χ1n) is 7.40. The second-order valence-electron chi connectivity index (χ2n) is 5.23. The Kier molecular flexibility index (Phi) is 6.02. The van der Waals surface area contributed by atoms with Crippen molar-refractivity contribution >= 4 is 10.0 Å². The van der Waals surface area contributed by atoms with Crippen molar-refractivity contribution in [3.8, 4) is 5.75 Å². The molecule has 0 amide bonds. The Morgan fingerprint density at radius 2 is 2.10 bits per heavy atom. The van der Waals surface area contributed by atoms with Gasteiger partial charge in [0, 0.05) is 13.2 Å². The van der Waals surface area contributed by atoms with E-state index in [0.717, 1.165) is 30.8 Å². The van der Waals surface area contributed by atoms with E-state index in [2.05, 4.69) is 4.72 Å². The van der Waals surface area contributed by atoms with E-state index in [1.54, 1.807) is 0 Å². The van der Waals surface area contributed by atoms with E-state index in [1.807, 2.05) is 31.2 Å². The van der Waals surface area contributed by atoms with Crippen LogP contribution in [0.1, 0.15) is 31.7 Å². The minimum atomic E-state index is -3.16. The van der Waals surface area contributed by atoms with Gasteiger partial charge >= 0.3 is 0 Å². The quantitative estimate of drug-likeness (QED) is 0.798. The van der Waals surface area contributed by atoms with Gasteiger partial charge in [-0.3, -0.25) is 0 Å². The summed E-state index contributed by atoms with van der Waals surface area (Å²) in [4.78, 5) is 0. The van der Waals surface area contributed by atoms with Gasteiger partial charge in [-0.2, -0.15) is 0 Å². The number of hydrogen-bond acceptors (Lipinski definition) is 4. The first-order valence-corrected chi connectivity index (χ1v) is 9.05. The van der Waals surface area contributed by atoms with Crippen LogP contribution in [-0.4, -0.2) is 33.5 Å². The largest absolute Gasteiger partial charge is 0.491 e. The molecule has 2 rings (SSSR count). The zero-order chi connectivity index (χ0) is 15.1. The van der Waals surface area contributed by atoms with Crippen molar-refractivity contribution in [3.05, 3.63) is 29.8 Å². The summed E-state index contributed by atoms with van der Waals surface area (Å²) in [5.41, 5.74) is 0.916. The number of benzene rings is 1. The average Bonchev–Trinajstić information content (AvgIpc) is 2.97.